The smallest absolute Gasteiger partial charge is 0.336 e. The Balaban J connectivity index is 1.39. The lowest BCUT2D eigenvalue weighted by molar-refractivity contribution is -0.384. The maximum absolute atomic E-state index is 13.4. The maximum Gasteiger partial charge on any atom is 0.336 e. The Labute approximate surface area is 260 Å². The Hall–Kier alpha value is -4.48. The zero-order valence-corrected chi connectivity index (χ0v) is 26.0. The lowest BCUT2D eigenvalue weighted by Gasteiger charge is -2.31. The van der Waals surface area contributed by atoms with Crippen LogP contribution in [0.1, 0.15) is 54.5 Å². The molecule has 3 heterocycles. The van der Waals surface area contributed by atoms with Crippen LogP contribution in [0.5, 0.6) is 0 Å². The average molecular weight is 618 g/mol. The second-order valence-electron chi connectivity index (χ2n) is 10.3. The molecule has 11 heteroatoms. The van der Waals surface area contributed by atoms with E-state index in [1.54, 1.807) is 44.4 Å². The van der Waals surface area contributed by atoms with Gasteiger partial charge in [-0.3, -0.25) is 24.9 Å². The lowest BCUT2D eigenvalue weighted by atomic mass is 9.75. The molecular weight excluding hydrogens is 582 g/mol. The van der Waals surface area contributed by atoms with Crippen LogP contribution in [0.4, 0.5) is 5.69 Å². The number of aromatic nitrogens is 1. The standard InChI is InChI=1S/C33H35N3O7S/c1-5-42-32(37)29-22(3)35-23(4)30(31(29)25-9-6-10-26(18-25)36(39)40)33(38)43-15-14-41-20-21(2)16-27-11-12-28(44-27)17-24-8-7-13-34-19-24/h6-13,16,18-19,29,31H,5,14-15,17,20H2,1-4H3. The third-order valence-electron chi connectivity index (χ3n) is 6.99. The van der Waals surface area contributed by atoms with E-state index in [0.29, 0.717) is 23.6 Å². The highest BCUT2D eigenvalue weighted by molar-refractivity contribution is 7.12. The molecule has 0 bridgehead atoms. The van der Waals surface area contributed by atoms with Gasteiger partial charge in [-0.25, -0.2) is 4.79 Å². The number of aliphatic imine (C=N–C) groups is 1. The van der Waals surface area contributed by atoms with E-state index in [2.05, 4.69) is 34.3 Å². The van der Waals surface area contributed by atoms with E-state index in [1.807, 2.05) is 19.2 Å². The number of hydrogen-bond donors (Lipinski definition) is 0. The van der Waals surface area contributed by atoms with Gasteiger partial charge in [0.15, 0.2) is 0 Å². The maximum atomic E-state index is 13.4. The first-order valence-electron chi connectivity index (χ1n) is 14.2. The zero-order chi connectivity index (χ0) is 31.6. The number of nitro benzene ring substituents is 1. The molecule has 0 radical (unpaired) electrons. The number of non-ortho nitro benzene ring substituents is 1. The summed E-state index contributed by atoms with van der Waals surface area (Å²) in [7, 11) is 0. The van der Waals surface area contributed by atoms with Crippen molar-refractivity contribution in [2.75, 3.05) is 26.4 Å². The Morgan fingerprint density at radius 3 is 2.64 bits per heavy atom. The van der Waals surface area contributed by atoms with E-state index in [9.17, 15) is 19.7 Å². The van der Waals surface area contributed by atoms with Gasteiger partial charge in [0.1, 0.15) is 12.5 Å². The molecule has 2 atom stereocenters. The monoisotopic (exact) mass is 617 g/mol. The number of thiophene rings is 1. The Morgan fingerprint density at radius 2 is 1.91 bits per heavy atom. The van der Waals surface area contributed by atoms with Crippen LogP contribution in [0, 0.1) is 16.0 Å². The second-order valence-corrected chi connectivity index (χ2v) is 11.5. The zero-order valence-electron chi connectivity index (χ0n) is 25.1. The average Bonchev–Trinajstić information content (AvgIpc) is 3.43. The number of esters is 2. The van der Waals surface area contributed by atoms with Crippen molar-refractivity contribution in [3.05, 3.63) is 109 Å². The summed E-state index contributed by atoms with van der Waals surface area (Å²) < 4.78 is 16.6. The van der Waals surface area contributed by atoms with Gasteiger partial charge >= 0.3 is 11.9 Å². The fourth-order valence-corrected chi connectivity index (χ4v) is 6.17. The van der Waals surface area contributed by atoms with E-state index in [-0.39, 0.29) is 31.1 Å². The fourth-order valence-electron chi connectivity index (χ4n) is 5.09. The second kappa shape index (κ2) is 15.3. The van der Waals surface area contributed by atoms with Crippen LogP contribution in [0.25, 0.3) is 6.08 Å². The van der Waals surface area contributed by atoms with Crippen molar-refractivity contribution in [2.24, 2.45) is 10.9 Å². The van der Waals surface area contributed by atoms with Gasteiger partial charge < -0.3 is 14.2 Å². The highest BCUT2D eigenvalue weighted by Gasteiger charge is 2.42. The van der Waals surface area contributed by atoms with Crippen molar-refractivity contribution < 1.29 is 28.7 Å². The summed E-state index contributed by atoms with van der Waals surface area (Å²) in [5.74, 6) is -3.03. The highest BCUT2D eigenvalue weighted by Crippen LogP contribution is 2.41. The third kappa shape index (κ3) is 8.33. The van der Waals surface area contributed by atoms with Crippen molar-refractivity contribution in [3.8, 4) is 0 Å². The van der Waals surface area contributed by atoms with E-state index in [0.717, 1.165) is 22.4 Å². The minimum Gasteiger partial charge on any atom is -0.465 e. The molecule has 230 valence electrons. The minimum atomic E-state index is -0.936. The summed E-state index contributed by atoms with van der Waals surface area (Å²) in [6, 6.07) is 14.1. The molecule has 2 unspecified atom stereocenters. The van der Waals surface area contributed by atoms with Crippen molar-refractivity contribution in [1.82, 2.24) is 4.98 Å². The van der Waals surface area contributed by atoms with Gasteiger partial charge in [0.2, 0.25) is 0 Å². The largest absolute Gasteiger partial charge is 0.465 e. The number of rotatable bonds is 13. The molecular formula is C33H35N3O7S. The number of carbonyl (C=O) groups is 2. The van der Waals surface area contributed by atoms with E-state index in [4.69, 9.17) is 14.2 Å². The van der Waals surface area contributed by atoms with Crippen LogP contribution in [0.2, 0.25) is 0 Å². The molecule has 0 aliphatic carbocycles. The molecule has 0 amide bonds. The SMILES string of the molecule is CCOC(=O)C1C(C)=NC(C)=C(C(=O)OCCOCC(C)=Cc2ccc(Cc3cccnc3)s2)C1c1cccc([N+](=O)[O-])c1. The van der Waals surface area contributed by atoms with Crippen LogP contribution in [0.15, 0.2) is 82.8 Å². The van der Waals surface area contributed by atoms with Crippen LogP contribution in [-0.4, -0.2) is 54.0 Å². The van der Waals surface area contributed by atoms with Gasteiger partial charge in [-0.1, -0.05) is 18.2 Å². The van der Waals surface area contributed by atoms with Gasteiger partial charge in [-0.05, 0) is 68.7 Å². The van der Waals surface area contributed by atoms with Gasteiger partial charge in [0, 0.05) is 58.0 Å². The van der Waals surface area contributed by atoms with Crippen molar-refractivity contribution >= 4 is 40.8 Å². The molecule has 44 heavy (non-hydrogen) atoms. The van der Waals surface area contributed by atoms with Crippen molar-refractivity contribution in [3.63, 3.8) is 0 Å². The Kier molecular flexibility index (Phi) is 11.3. The van der Waals surface area contributed by atoms with Gasteiger partial charge in [-0.2, -0.15) is 0 Å². The quantitative estimate of drug-likeness (QED) is 0.0943. The van der Waals surface area contributed by atoms with Gasteiger partial charge in [0.25, 0.3) is 5.69 Å². The summed E-state index contributed by atoms with van der Waals surface area (Å²) in [6.45, 7) is 7.63. The van der Waals surface area contributed by atoms with Gasteiger partial charge in [0.05, 0.1) is 30.3 Å². The van der Waals surface area contributed by atoms with Crippen molar-refractivity contribution in [2.45, 2.75) is 40.0 Å². The molecule has 3 aromatic rings. The topological polar surface area (TPSA) is 130 Å². The van der Waals surface area contributed by atoms with E-state index >= 15 is 0 Å². The summed E-state index contributed by atoms with van der Waals surface area (Å²) in [6.07, 6.45) is 6.53. The summed E-state index contributed by atoms with van der Waals surface area (Å²) >= 11 is 1.71. The number of carbonyl (C=O) groups excluding carboxylic acids is 2. The summed E-state index contributed by atoms with van der Waals surface area (Å²) in [5, 5.41) is 11.5. The van der Waals surface area contributed by atoms with Gasteiger partial charge in [-0.15, -0.1) is 11.3 Å². The third-order valence-corrected chi connectivity index (χ3v) is 8.02. The normalized spacial score (nSPS) is 16.8. The number of benzene rings is 1. The Morgan fingerprint density at radius 1 is 1.09 bits per heavy atom. The molecule has 1 aromatic carbocycles. The number of nitro groups is 1. The number of ether oxygens (including phenoxy) is 3. The van der Waals surface area contributed by atoms with Crippen molar-refractivity contribution in [1.29, 1.82) is 0 Å². The first-order chi connectivity index (χ1) is 21.2. The number of hydrogen-bond acceptors (Lipinski definition) is 10. The molecule has 1 aliphatic rings. The van der Waals surface area contributed by atoms with E-state index in [1.165, 1.54) is 23.1 Å². The fraction of sp³-hybridized carbons (Fsp3) is 0.333. The summed E-state index contributed by atoms with van der Waals surface area (Å²) in [5.41, 5.74) is 3.44. The number of nitrogens with zero attached hydrogens (tertiary/aromatic N) is 3. The molecule has 1 aliphatic heterocycles. The predicted octanol–water partition coefficient (Wildman–Crippen LogP) is 6.32. The first-order valence-corrected chi connectivity index (χ1v) is 15.1. The number of pyridine rings is 1. The molecule has 4 rings (SSSR count). The molecule has 2 aromatic heterocycles. The summed E-state index contributed by atoms with van der Waals surface area (Å²) in [4.78, 5) is 48.4. The van der Waals surface area contributed by atoms with Crippen LogP contribution in [-0.2, 0) is 30.2 Å². The number of allylic oxidation sites excluding steroid dienone is 1. The van der Waals surface area contributed by atoms with Crippen LogP contribution in [0.3, 0.4) is 0 Å². The first kappa shape index (κ1) is 32.4. The molecule has 0 saturated carbocycles. The van der Waals surface area contributed by atoms with Crippen LogP contribution >= 0.6 is 11.3 Å². The lowest BCUT2D eigenvalue weighted by Crippen LogP contribution is -2.36. The molecule has 0 saturated heterocycles. The molecule has 0 N–H and O–H groups in total. The minimum absolute atomic E-state index is 0.0222. The molecule has 0 spiro atoms. The predicted molar refractivity (Wildman–Crippen MR) is 169 cm³/mol. The Bertz CT molecular complexity index is 1590. The molecule has 0 fully saturated rings. The molecule has 10 nitrogen and oxygen atoms in total. The van der Waals surface area contributed by atoms with E-state index < -0.39 is 28.7 Å². The highest BCUT2D eigenvalue weighted by atomic mass is 32.1. The van der Waals surface area contributed by atoms with Crippen LogP contribution < -0.4 is 0 Å².